The molecule has 0 heterocycles. The number of unbranched alkanes of at least 4 members (excludes halogenated alkanes) is 2. The molecule has 192 valence electrons. The van der Waals surface area contributed by atoms with E-state index in [4.69, 9.17) is 14.6 Å². The Kier molecular flexibility index (Phi) is 11.2. The smallest absolute Gasteiger partial charge is 0.333 e. The molecule has 4 heteroatoms. The Hall–Kier alpha value is -2.95. The fourth-order valence-corrected chi connectivity index (χ4v) is 4.28. The maximum absolute atomic E-state index is 11.9. The van der Waals surface area contributed by atoms with Gasteiger partial charge in [-0.2, -0.15) is 0 Å². The average Bonchev–Trinajstić information content (AvgIpc) is 2.89. The molecule has 0 bridgehead atoms. The molecule has 1 N–H and O–H groups in total. The van der Waals surface area contributed by atoms with Gasteiger partial charge in [-0.05, 0) is 71.7 Å². The van der Waals surface area contributed by atoms with Crippen LogP contribution in [0, 0.1) is 5.92 Å². The Balaban J connectivity index is 1.68. The summed E-state index contributed by atoms with van der Waals surface area (Å²) in [6, 6.07) is 22.1. The number of carbonyl (C=O) groups excluding carboxylic acids is 1. The summed E-state index contributed by atoms with van der Waals surface area (Å²) in [7, 11) is 0. The minimum Gasteiger partial charge on any atom is -0.462 e. The third kappa shape index (κ3) is 8.61. The number of rotatable bonds is 15. The molecule has 0 radical (unpaired) electrons. The number of ether oxygens (including phenoxy) is 2. The first-order valence-corrected chi connectivity index (χ1v) is 13.1. The molecule has 0 saturated heterocycles. The van der Waals surface area contributed by atoms with Crippen LogP contribution >= 0.6 is 0 Å². The number of hydrogen-bond donors (Lipinski definition) is 1. The molecule has 0 aliphatic heterocycles. The largest absolute Gasteiger partial charge is 0.462 e. The number of hydrogen-bond acceptors (Lipinski definition) is 4. The minimum absolute atomic E-state index is 0.0274. The van der Waals surface area contributed by atoms with E-state index >= 15 is 0 Å². The number of carbonyl (C=O) groups is 1. The molecule has 0 aliphatic carbocycles. The highest BCUT2D eigenvalue weighted by Crippen LogP contribution is 2.26. The van der Waals surface area contributed by atoms with Crippen LogP contribution in [0.3, 0.4) is 0 Å². The second-order valence-corrected chi connectivity index (χ2v) is 9.65. The lowest BCUT2D eigenvalue weighted by atomic mass is 9.95. The summed E-state index contributed by atoms with van der Waals surface area (Å²) in [5.41, 5.74) is 5.43. The summed E-state index contributed by atoms with van der Waals surface area (Å²) < 4.78 is 11.1. The van der Waals surface area contributed by atoms with Crippen molar-refractivity contribution in [3.63, 3.8) is 0 Å². The molecular formula is C32H40O4. The first kappa shape index (κ1) is 27.6. The van der Waals surface area contributed by atoms with E-state index in [9.17, 15) is 4.79 Å². The van der Waals surface area contributed by atoms with Gasteiger partial charge in [0.2, 0.25) is 0 Å². The van der Waals surface area contributed by atoms with E-state index in [2.05, 4.69) is 74.2 Å². The van der Waals surface area contributed by atoms with Crippen molar-refractivity contribution in [2.45, 2.75) is 52.4 Å². The molecular weight excluding hydrogens is 448 g/mol. The van der Waals surface area contributed by atoms with Crippen LogP contribution in [-0.4, -0.2) is 37.5 Å². The summed E-state index contributed by atoms with van der Waals surface area (Å²) in [4.78, 5) is 11.9. The third-order valence-corrected chi connectivity index (χ3v) is 6.38. The minimum atomic E-state index is -0.379. The van der Waals surface area contributed by atoms with Crippen LogP contribution < -0.4 is 0 Å². The zero-order chi connectivity index (χ0) is 25.8. The van der Waals surface area contributed by atoms with Gasteiger partial charge >= 0.3 is 5.97 Å². The lowest BCUT2D eigenvalue weighted by molar-refractivity contribution is -0.140. The van der Waals surface area contributed by atoms with E-state index in [0.717, 1.165) is 12.8 Å². The van der Waals surface area contributed by atoms with Crippen molar-refractivity contribution in [2.24, 2.45) is 5.92 Å². The van der Waals surface area contributed by atoms with Gasteiger partial charge in [-0.1, -0.05) is 80.9 Å². The average molecular weight is 489 g/mol. The molecule has 0 fully saturated rings. The van der Waals surface area contributed by atoms with Crippen molar-refractivity contribution >= 4 is 16.7 Å². The zero-order valence-electron chi connectivity index (χ0n) is 21.8. The van der Waals surface area contributed by atoms with E-state index in [1.54, 1.807) is 6.92 Å². The quantitative estimate of drug-likeness (QED) is 0.143. The van der Waals surface area contributed by atoms with Gasteiger partial charge in [0.15, 0.2) is 0 Å². The maximum atomic E-state index is 11.9. The number of benzene rings is 3. The van der Waals surface area contributed by atoms with Crippen molar-refractivity contribution in [3.05, 3.63) is 83.9 Å². The van der Waals surface area contributed by atoms with Gasteiger partial charge in [0.25, 0.3) is 0 Å². The van der Waals surface area contributed by atoms with Crippen LogP contribution in [0.15, 0.2) is 72.8 Å². The number of aryl methyl sites for hydroxylation is 1. The van der Waals surface area contributed by atoms with Crippen molar-refractivity contribution in [1.82, 2.24) is 0 Å². The van der Waals surface area contributed by atoms with E-state index in [-0.39, 0.29) is 25.1 Å². The monoisotopic (exact) mass is 488 g/mol. The van der Waals surface area contributed by atoms with Crippen molar-refractivity contribution in [1.29, 1.82) is 0 Å². The van der Waals surface area contributed by atoms with Gasteiger partial charge in [-0.25, -0.2) is 4.79 Å². The van der Waals surface area contributed by atoms with Crippen LogP contribution in [0.1, 0.15) is 50.7 Å². The summed E-state index contributed by atoms with van der Waals surface area (Å²) in [5.74, 6) is -0.352. The van der Waals surface area contributed by atoms with E-state index < -0.39 is 0 Å². The summed E-state index contributed by atoms with van der Waals surface area (Å²) in [6.07, 6.45) is 6.26. The maximum Gasteiger partial charge on any atom is 0.333 e. The Labute approximate surface area is 216 Å². The molecule has 0 aliphatic rings. The lowest BCUT2D eigenvalue weighted by Crippen LogP contribution is -2.22. The number of esters is 1. The molecule has 0 spiro atoms. The highest BCUT2D eigenvalue weighted by atomic mass is 16.5. The first-order chi connectivity index (χ1) is 17.5. The Bertz CT molecular complexity index is 1120. The lowest BCUT2D eigenvalue weighted by Gasteiger charge is -2.18. The Morgan fingerprint density at radius 2 is 1.58 bits per heavy atom. The van der Waals surface area contributed by atoms with Gasteiger partial charge < -0.3 is 14.6 Å². The fraction of sp³-hybridized carbons (Fsp3) is 0.406. The number of aliphatic hydroxyl groups excluding tert-OH is 1. The van der Waals surface area contributed by atoms with E-state index in [1.807, 2.05) is 0 Å². The SMILES string of the molecule is C=C(C)C(=O)OCC(COCCCO)Cc1ccc2cc(-c3ccc(CCCCC)cc3)ccc2c1. The van der Waals surface area contributed by atoms with E-state index in [0.29, 0.717) is 25.2 Å². The standard InChI is InChI=1S/C32H40O4/c1-4-5-6-8-25-9-12-28(13-10-25)30-16-15-29-20-26(11-14-31(29)21-30)19-27(22-35-18-7-17-33)23-36-32(34)24(2)3/h9-16,20-21,27,33H,2,4-8,17-19,22-23H2,1,3H3. The molecule has 3 rings (SSSR count). The predicted molar refractivity (Wildman–Crippen MR) is 148 cm³/mol. The van der Waals surface area contributed by atoms with Crippen molar-refractivity contribution in [2.75, 3.05) is 26.4 Å². The second-order valence-electron chi connectivity index (χ2n) is 9.65. The third-order valence-electron chi connectivity index (χ3n) is 6.38. The van der Waals surface area contributed by atoms with Crippen molar-refractivity contribution in [3.8, 4) is 11.1 Å². The highest BCUT2D eigenvalue weighted by Gasteiger charge is 2.15. The molecule has 36 heavy (non-hydrogen) atoms. The first-order valence-electron chi connectivity index (χ1n) is 13.1. The molecule has 1 unspecified atom stereocenters. The van der Waals surface area contributed by atoms with Crippen LogP contribution in [0.25, 0.3) is 21.9 Å². The molecule has 3 aromatic rings. The number of aliphatic hydroxyl groups is 1. The number of fused-ring (bicyclic) bond motifs is 1. The van der Waals surface area contributed by atoms with Gasteiger partial charge in [0.05, 0.1) is 13.2 Å². The van der Waals surface area contributed by atoms with Gasteiger partial charge in [0, 0.05) is 24.7 Å². The van der Waals surface area contributed by atoms with Gasteiger partial charge in [-0.3, -0.25) is 0 Å². The molecule has 3 aromatic carbocycles. The van der Waals surface area contributed by atoms with Crippen LogP contribution in [0.4, 0.5) is 0 Å². The van der Waals surface area contributed by atoms with Gasteiger partial charge in [-0.15, -0.1) is 0 Å². The highest BCUT2D eigenvalue weighted by molar-refractivity contribution is 5.88. The van der Waals surface area contributed by atoms with Gasteiger partial charge in [0.1, 0.15) is 0 Å². The molecule has 1 atom stereocenters. The molecule has 4 nitrogen and oxygen atoms in total. The van der Waals surface area contributed by atoms with Crippen LogP contribution in [-0.2, 0) is 27.1 Å². The molecule has 0 saturated carbocycles. The Morgan fingerprint density at radius 1 is 0.889 bits per heavy atom. The Morgan fingerprint density at radius 3 is 2.31 bits per heavy atom. The zero-order valence-corrected chi connectivity index (χ0v) is 21.8. The fourth-order valence-electron chi connectivity index (χ4n) is 4.28. The van der Waals surface area contributed by atoms with Crippen LogP contribution in [0.5, 0.6) is 0 Å². The summed E-state index contributed by atoms with van der Waals surface area (Å²) >= 11 is 0. The normalized spacial score (nSPS) is 12.0. The summed E-state index contributed by atoms with van der Waals surface area (Å²) in [5, 5.41) is 11.4. The van der Waals surface area contributed by atoms with E-state index in [1.165, 1.54) is 52.3 Å². The molecule has 0 aromatic heterocycles. The van der Waals surface area contributed by atoms with Crippen molar-refractivity contribution < 1.29 is 19.4 Å². The summed E-state index contributed by atoms with van der Waals surface area (Å²) in [6.45, 7) is 8.87. The molecule has 0 amide bonds. The van der Waals surface area contributed by atoms with Crippen LogP contribution in [0.2, 0.25) is 0 Å². The topological polar surface area (TPSA) is 55.8 Å². The second kappa shape index (κ2) is 14.6. The predicted octanol–water partition coefficient (Wildman–Crippen LogP) is 6.92.